The van der Waals surface area contributed by atoms with E-state index in [1.807, 2.05) is 12.1 Å². The molecule has 0 spiro atoms. The first-order valence-corrected chi connectivity index (χ1v) is 6.16. The maximum Gasteiger partial charge on any atom is 0.120 e. The van der Waals surface area contributed by atoms with Crippen molar-refractivity contribution in [3.8, 4) is 5.75 Å². The number of benzene rings is 1. The molecule has 0 aliphatic heterocycles. The molecule has 0 radical (unpaired) electrons. The van der Waals surface area contributed by atoms with Gasteiger partial charge in [0.1, 0.15) is 5.75 Å². The topological polar surface area (TPSA) is 43.7 Å². The molecular formula is C12H18BrNO2. The zero-order valence-corrected chi connectivity index (χ0v) is 11.2. The van der Waals surface area contributed by atoms with Crippen LogP contribution in [0, 0.1) is 0 Å². The van der Waals surface area contributed by atoms with Crippen molar-refractivity contribution in [2.24, 2.45) is 0 Å². The summed E-state index contributed by atoms with van der Waals surface area (Å²) in [6.45, 7) is 5.54. The molecule has 1 aromatic carbocycles. The Morgan fingerprint density at radius 3 is 2.62 bits per heavy atom. The van der Waals surface area contributed by atoms with Crippen LogP contribution < -0.4 is 0 Å². The molecular weight excluding hydrogens is 270 g/mol. The van der Waals surface area contributed by atoms with Gasteiger partial charge in [-0.1, -0.05) is 15.9 Å². The van der Waals surface area contributed by atoms with Crippen LogP contribution in [0.15, 0.2) is 22.7 Å². The Morgan fingerprint density at radius 2 is 2.06 bits per heavy atom. The maximum atomic E-state index is 9.72. The first-order chi connectivity index (χ1) is 7.54. The summed E-state index contributed by atoms with van der Waals surface area (Å²) in [5.41, 5.74) is 0.872. The predicted molar refractivity (Wildman–Crippen MR) is 68.4 cm³/mol. The van der Waals surface area contributed by atoms with Gasteiger partial charge in [-0.15, -0.1) is 0 Å². The van der Waals surface area contributed by atoms with Crippen molar-refractivity contribution >= 4 is 15.9 Å². The number of aromatic hydroxyl groups is 1. The number of nitrogens with zero attached hydrogens (tertiary/aromatic N) is 1. The molecule has 0 aliphatic carbocycles. The third kappa shape index (κ3) is 3.77. The molecule has 0 atom stereocenters. The molecule has 3 nitrogen and oxygen atoms in total. The van der Waals surface area contributed by atoms with E-state index in [-0.39, 0.29) is 6.61 Å². The highest BCUT2D eigenvalue weighted by Gasteiger charge is 2.12. The van der Waals surface area contributed by atoms with Crippen LogP contribution in [0.3, 0.4) is 0 Å². The van der Waals surface area contributed by atoms with Crippen molar-refractivity contribution in [1.82, 2.24) is 4.90 Å². The van der Waals surface area contributed by atoms with Gasteiger partial charge in [0.05, 0.1) is 6.61 Å². The van der Waals surface area contributed by atoms with Crippen LogP contribution in [0.4, 0.5) is 0 Å². The summed E-state index contributed by atoms with van der Waals surface area (Å²) < 4.78 is 0.952. The smallest absolute Gasteiger partial charge is 0.120 e. The number of aliphatic hydroxyl groups is 1. The van der Waals surface area contributed by atoms with Crippen LogP contribution in [0.5, 0.6) is 5.75 Å². The van der Waals surface area contributed by atoms with Crippen LogP contribution in [0.25, 0.3) is 0 Å². The van der Waals surface area contributed by atoms with E-state index in [1.165, 1.54) is 0 Å². The van der Waals surface area contributed by atoms with Gasteiger partial charge < -0.3 is 10.2 Å². The van der Waals surface area contributed by atoms with E-state index in [0.29, 0.717) is 24.9 Å². The minimum atomic E-state index is 0.132. The van der Waals surface area contributed by atoms with Crippen LogP contribution in [-0.2, 0) is 6.54 Å². The summed E-state index contributed by atoms with van der Waals surface area (Å²) in [6.07, 6.45) is 0. The molecule has 16 heavy (non-hydrogen) atoms. The molecule has 4 heteroatoms. The largest absolute Gasteiger partial charge is 0.508 e. The molecule has 0 bridgehead atoms. The molecule has 0 heterocycles. The Morgan fingerprint density at radius 1 is 1.38 bits per heavy atom. The quantitative estimate of drug-likeness (QED) is 0.874. The Bertz CT molecular complexity index is 342. The lowest BCUT2D eigenvalue weighted by atomic mass is 10.1. The van der Waals surface area contributed by atoms with Crippen molar-refractivity contribution in [3.63, 3.8) is 0 Å². The second kappa shape index (κ2) is 6.23. The molecule has 0 aliphatic rings. The Labute approximate surface area is 105 Å². The van der Waals surface area contributed by atoms with Crippen molar-refractivity contribution in [2.45, 2.75) is 26.4 Å². The minimum Gasteiger partial charge on any atom is -0.508 e. The SMILES string of the molecule is CC(C)N(CCO)Cc1cc(Br)ccc1O. The average molecular weight is 288 g/mol. The number of aliphatic hydroxyl groups excluding tert-OH is 1. The maximum absolute atomic E-state index is 9.72. The second-order valence-corrected chi connectivity index (χ2v) is 4.98. The summed E-state index contributed by atoms with van der Waals surface area (Å²) >= 11 is 3.38. The van der Waals surface area contributed by atoms with E-state index in [9.17, 15) is 5.11 Å². The summed E-state index contributed by atoms with van der Waals surface area (Å²) in [5.74, 6) is 0.298. The number of halogens is 1. The Hall–Kier alpha value is -0.580. The van der Waals surface area contributed by atoms with E-state index < -0.39 is 0 Å². The highest BCUT2D eigenvalue weighted by atomic mass is 79.9. The van der Waals surface area contributed by atoms with Crippen LogP contribution in [-0.4, -0.2) is 34.3 Å². The Kier molecular flexibility index (Phi) is 5.25. The van der Waals surface area contributed by atoms with E-state index in [0.717, 1.165) is 10.0 Å². The molecule has 1 aromatic rings. The molecule has 0 amide bonds. The summed E-state index contributed by atoms with van der Waals surface area (Å²) in [6, 6.07) is 5.73. The van der Waals surface area contributed by atoms with Gasteiger partial charge in [0.25, 0.3) is 0 Å². The predicted octanol–water partition coefficient (Wildman–Crippen LogP) is 2.36. The van der Waals surface area contributed by atoms with Crippen molar-refractivity contribution < 1.29 is 10.2 Å². The summed E-state index contributed by atoms with van der Waals surface area (Å²) in [7, 11) is 0. The summed E-state index contributed by atoms with van der Waals surface area (Å²) in [5, 5.41) is 18.7. The number of phenols is 1. The third-order valence-electron chi connectivity index (χ3n) is 2.53. The zero-order valence-electron chi connectivity index (χ0n) is 9.65. The van der Waals surface area contributed by atoms with Gasteiger partial charge in [0.15, 0.2) is 0 Å². The molecule has 2 N–H and O–H groups in total. The van der Waals surface area contributed by atoms with E-state index in [2.05, 4.69) is 34.7 Å². The van der Waals surface area contributed by atoms with Gasteiger partial charge in [-0.3, -0.25) is 4.90 Å². The lowest BCUT2D eigenvalue weighted by Gasteiger charge is -2.25. The second-order valence-electron chi connectivity index (χ2n) is 4.06. The monoisotopic (exact) mass is 287 g/mol. The lowest BCUT2D eigenvalue weighted by Crippen LogP contribution is -2.32. The first kappa shape index (κ1) is 13.5. The van der Waals surface area contributed by atoms with Crippen LogP contribution >= 0.6 is 15.9 Å². The zero-order chi connectivity index (χ0) is 12.1. The number of rotatable bonds is 5. The number of hydrogen-bond acceptors (Lipinski definition) is 3. The third-order valence-corrected chi connectivity index (χ3v) is 3.03. The van der Waals surface area contributed by atoms with Gasteiger partial charge in [0.2, 0.25) is 0 Å². The van der Waals surface area contributed by atoms with E-state index >= 15 is 0 Å². The van der Waals surface area contributed by atoms with Gasteiger partial charge >= 0.3 is 0 Å². The van der Waals surface area contributed by atoms with E-state index in [4.69, 9.17) is 5.11 Å². The molecule has 0 saturated heterocycles. The normalized spacial score (nSPS) is 11.4. The molecule has 0 saturated carbocycles. The average Bonchev–Trinajstić information content (AvgIpc) is 2.22. The molecule has 1 rings (SSSR count). The first-order valence-electron chi connectivity index (χ1n) is 5.37. The highest BCUT2D eigenvalue weighted by Crippen LogP contribution is 2.23. The Balaban J connectivity index is 2.80. The van der Waals surface area contributed by atoms with Crippen molar-refractivity contribution in [3.05, 3.63) is 28.2 Å². The van der Waals surface area contributed by atoms with Crippen molar-refractivity contribution in [2.75, 3.05) is 13.2 Å². The standard InChI is InChI=1S/C12H18BrNO2/c1-9(2)14(5-6-15)8-10-7-11(13)3-4-12(10)16/h3-4,7,9,15-16H,5-6,8H2,1-2H3. The molecule has 0 aromatic heterocycles. The van der Waals surface area contributed by atoms with Crippen LogP contribution in [0.2, 0.25) is 0 Å². The summed E-state index contributed by atoms with van der Waals surface area (Å²) in [4.78, 5) is 2.11. The van der Waals surface area contributed by atoms with Gasteiger partial charge in [-0.05, 0) is 32.0 Å². The van der Waals surface area contributed by atoms with Gasteiger partial charge in [-0.2, -0.15) is 0 Å². The molecule has 90 valence electrons. The fourth-order valence-corrected chi connectivity index (χ4v) is 1.96. The number of phenolic OH excluding ortho intramolecular Hbond substituents is 1. The van der Waals surface area contributed by atoms with Gasteiger partial charge in [-0.25, -0.2) is 0 Å². The molecule has 0 unspecified atom stereocenters. The van der Waals surface area contributed by atoms with Gasteiger partial charge in [0, 0.05) is 29.2 Å². The highest BCUT2D eigenvalue weighted by molar-refractivity contribution is 9.10. The van der Waals surface area contributed by atoms with Crippen molar-refractivity contribution in [1.29, 1.82) is 0 Å². The fourth-order valence-electron chi connectivity index (χ4n) is 1.55. The van der Waals surface area contributed by atoms with E-state index in [1.54, 1.807) is 6.07 Å². The van der Waals surface area contributed by atoms with Crippen LogP contribution in [0.1, 0.15) is 19.4 Å². The minimum absolute atomic E-state index is 0.132. The fraction of sp³-hybridized carbons (Fsp3) is 0.500. The lowest BCUT2D eigenvalue weighted by molar-refractivity contribution is 0.158. The molecule has 0 fully saturated rings. The number of hydrogen-bond donors (Lipinski definition) is 2.